The van der Waals surface area contributed by atoms with E-state index in [4.69, 9.17) is 5.11 Å². The Morgan fingerprint density at radius 1 is 1.16 bits per heavy atom. The highest BCUT2D eigenvalue weighted by molar-refractivity contribution is 6.10. The minimum Gasteiger partial charge on any atom is -0.396 e. The number of hydrogen-bond acceptors (Lipinski definition) is 7. The number of anilines is 2. The fourth-order valence-electron chi connectivity index (χ4n) is 4.80. The molecule has 2 amide bonds. The summed E-state index contributed by atoms with van der Waals surface area (Å²) in [7, 11) is 0. The van der Waals surface area contributed by atoms with Gasteiger partial charge in [0.1, 0.15) is 0 Å². The van der Waals surface area contributed by atoms with Crippen molar-refractivity contribution in [2.75, 3.05) is 16.9 Å². The molecule has 196 valence electrons. The Balaban J connectivity index is 1.35. The van der Waals surface area contributed by atoms with Gasteiger partial charge in [0.15, 0.2) is 5.60 Å². The maximum Gasteiger partial charge on any atom is 0.261 e. The lowest BCUT2D eigenvalue weighted by atomic mass is 9.82. The van der Waals surface area contributed by atoms with Crippen LogP contribution >= 0.6 is 0 Å². The van der Waals surface area contributed by atoms with Crippen molar-refractivity contribution in [3.05, 3.63) is 83.7 Å². The standard InChI is InChI=1S/C28H30N6O4/c1-19(7-5-6-15-33-18-21(14-16-35)30-32-33)28(38)23-17-22(10-11-25(23)29-27(28)37)34-26(36)13-12-24(31-34)20-8-3-2-4-9-20/h2-5,7-11,17-19,35,38H,6,12-16H2,1H3,(H,29,37)/b7-5+/t19-,28+/m0/s1. The molecule has 0 unspecified atom stereocenters. The number of aliphatic hydroxyl groups is 2. The number of carbonyl (C=O) groups is 2. The minimum atomic E-state index is -1.80. The van der Waals surface area contributed by atoms with E-state index < -0.39 is 17.4 Å². The smallest absolute Gasteiger partial charge is 0.261 e. The molecule has 3 aromatic rings. The number of nitrogens with one attached hydrogen (secondary N) is 1. The zero-order valence-corrected chi connectivity index (χ0v) is 21.1. The van der Waals surface area contributed by atoms with Gasteiger partial charge in [0.05, 0.1) is 17.1 Å². The number of rotatable bonds is 9. The largest absolute Gasteiger partial charge is 0.396 e. The van der Waals surface area contributed by atoms with Crippen molar-refractivity contribution >= 4 is 28.9 Å². The fourth-order valence-corrected chi connectivity index (χ4v) is 4.80. The summed E-state index contributed by atoms with van der Waals surface area (Å²) in [5, 5.41) is 37.4. The molecule has 0 radical (unpaired) electrons. The fraction of sp³-hybridized carbons (Fsp3) is 0.321. The average Bonchev–Trinajstić information content (AvgIpc) is 3.49. The van der Waals surface area contributed by atoms with Crippen LogP contribution in [0.2, 0.25) is 0 Å². The highest BCUT2D eigenvalue weighted by Crippen LogP contribution is 2.43. The summed E-state index contributed by atoms with van der Waals surface area (Å²) < 4.78 is 1.69. The molecule has 0 aliphatic carbocycles. The maximum absolute atomic E-state index is 13.0. The highest BCUT2D eigenvalue weighted by atomic mass is 16.3. The molecule has 2 aromatic carbocycles. The quantitative estimate of drug-likeness (QED) is 0.376. The van der Waals surface area contributed by atoms with Gasteiger partial charge in [-0.2, -0.15) is 5.10 Å². The lowest BCUT2D eigenvalue weighted by Crippen LogP contribution is -2.40. The second kappa shape index (κ2) is 10.7. The molecule has 0 fully saturated rings. The summed E-state index contributed by atoms with van der Waals surface area (Å²) in [6.07, 6.45) is 7.44. The van der Waals surface area contributed by atoms with Crippen LogP contribution in [-0.4, -0.2) is 49.3 Å². The van der Waals surface area contributed by atoms with Gasteiger partial charge in [-0.15, -0.1) is 5.10 Å². The number of aromatic nitrogens is 3. The van der Waals surface area contributed by atoms with Gasteiger partial charge in [-0.3, -0.25) is 14.3 Å². The van der Waals surface area contributed by atoms with Crippen molar-refractivity contribution < 1.29 is 19.8 Å². The normalized spacial score (nSPS) is 20.0. The Morgan fingerprint density at radius 2 is 1.97 bits per heavy atom. The Kier molecular flexibility index (Phi) is 7.17. The van der Waals surface area contributed by atoms with Crippen molar-refractivity contribution in [1.29, 1.82) is 0 Å². The first kappa shape index (κ1) is 25.5. The van der Waals surface area contributed by atoms with E-state index in [1.54, 1.807) is 36.0 Å². The number of aryl methyl sites for hydroxylation is 1. The monoisotopic (exact) mass is 514 g/mol. The van der Waals surface area contributed by atoms with Crippen LogP contribution in [0.4, 0.5) is 11.4 Å². The van der Waals surface area contributed by atoms with Crippen LogP contribution in [0.1, 0.15) is 43.0 Å². The van der Waals surface area contributed by atoms with Gasteiger partial charge in [-0.05, 0) is 30.2 Å². The summed E-state index contributed by atoms with van der Waals surface area (Å²) in [4.78, 5) is 25.8. The molecule has 0 spiro atoms. The third-order valence-corrected chi connectivity index (χ3v) is 6.95. The van der Waals surface area contributed by atoms with Crippen molar-refractivity contribution in [1.82, 2.24) is 15.0 Å². The Morgan fingerprint density at radius 3 is 2.76 bits per heavy atom. The van der Waals surface area contributed by atoms with Crippen LogP contribution in [0.3, 0.4) is 0 Å². The zero-order valence-electron chi connectivity index (χ0n) is 21.1. The van der Waals surface area contributed by atoms with E-state index in [0.29, 0.717) is 49.2 Å². The minimum absolute atomic E-state index is 0.0202. The second-order valence-electron chi connectivity index (χ2n) is 9.52. The van der Waals surface area contributed by atoms with Crippen molar-refractivity contribution in [3.63, 3.8) is 0 Å². The van der Waals surface area contributed by atoms with E-state index in [-0.39, 0.29) is 12.5 Å². The lowest BCUT2D eigenvalue weighted by molar-refractivity contribution is -0.137. The predicted octanol–water partition coefficient (Wildman–Crippen LogP) is 2.77. The first-order chi connectivity index (χ1) is 18.4. The number of hydrazone groups is 1. The third kappa shape index (κ3) is 4.88. The molecule has 3 N–H and O–H groups in total. The van der Waals surface area contributed by atoms with Gasteiger partial charge in [-0.1, -0.05) is 54.6 Å². The summed E-state index contributed by atoms with van der Waals surface area (Å²) in [6.45, 7) is 2.38. The number of fused-ring (bicyclic) bond motifs is 1. The lowest BCUT2D eigenvalue weighted by Gasteiger charge is -2.28. The predicted molar refractivity (Wildman–Crippen MR) is 142 cm³/mol. The molecule has 5 rings (SSSR count). The molecule has 0 bridgehead atoms. The summed E-state index contributed by atoms with van der Waals surface area (Å²) in [5.41, 5.74) is 2.11. The van der Waals surface area contributed by atoms with Crippen LogP contribution in [0.25, 0.3) is 0 Å². The van der Waals surface area contributed by atoms with E-state index in [2.05, 4.69) is 20.7 Å². The Bertz CT molecular complexity index is 1400. The first-order valence-corrected chi connectivity index (χ1v) is 12.7. The van der Waals surface area contributed by atoms with Crippen molar-refractivity contribution in [2.45, 2.75) is 44.8 Å². The third-order valence-electron chi connectivity index (χ3n) is 6.95. The van der Waals surface area contributed by atoms with Crippen LogP contribution in [0, 0.1) is 5.92 Å². The first-order valence-electron chi connectivity index (χ1n) is 12.7. The average molecular weight is 515 g/mol. The van der Waals surface area contributed by atoms with Crippen LogP contribution < -0.4 is 10.3 Å². The molecule has 10 nitrogen and oxygen atoms in total. The van der Waals surface area contributed by atoms with Crippen LogP contribution in [0.15, 0.2) is 72.0 Å². The van der Waals surface area contributed by atoms with Gasteiger partial charge in [0, 0.05) is 55.8 Å². The molecule has 3 heterocycles. The molecule has 2 aliphatic heterocycles. The van der Waals surface area contributed by atoms with Gasteiger partial charge in [0.2, 0.25) is 5.91 Å². The Labute approximate surface area is 220 Å². The molecule has 1 aromatic heterocycles. The maximum atomic E-state index is 13.0. The van der Waals surface area contributed by atoms with E-state index in [1.807, 2.05) is 42.5 Å². The number of amides is 2. The molecule has 0 saturated carbocycles. The molecule has 10 heteroatoms. The highest BCUT2D eigenvalue weighted by Gasteiger charge is 2.49. The van der Waals surface area contributed by atoms with Crippen LogP contribution in [0.5, 0.6) is 0 Å². The van der Waals surface area contributed by atoms with Crippen LogP contribution in [-0.2, 0) is 28.2 Å². The second-order valence-corrected chi connectivity index (χ2v) is 9.52. The number of carbonyl (C=O) groups excluding carboxylic acids is 2. The zero-order chi connectivity index (χ0) is 26.7. The van der Waals surface area contributed by atoms with Gasteiger partial charge >= 0.3 is 0 Å². The Hall–Kier alpha value is -4.15. The summed E-state index contributed by atoms with van der Waals surface area (Å²) in [6, 6.07) is 14.8. The SMILES string of the molecule is C[C@@H](/C=C/CCn1cc(CCO)nn1)[C@]1(O)C(=O)Nc2ccc(N3N=C(c4ccccc4)CCC3=O)cc21. The van der Waals surface area contributed by atoms with E-state index in [9.17, 15) is 14.7 Å². The topological polar surface area (TPSA) is 133 Å². The van der Waals surface area contributed by atoms with Gasteiger partial charge in [-0.25, -0.2) is 5.01 Å². The van der Waals surface area contributed by atoms with Crippen molar-refractivity contribution in [3.8, 4) is 0 Å². The number of nitrogens with zero attached hydrogens (tertiary/aromatic N) is 5. The molecule has 2 atom stereocenters. The summed E-state index contributed by atoms with van der Waals surface area (Å²) in [5.74, 6) is -1.20. The van der Waals surface area contributed by atoms with E-state index >= 15 is 0 Å². The number of hydrogen-bond donors (Lipinski definition) is 3. The molecular weight excluding hydrogens is 484 g/mol. The summed E-state index contributed by atoms with van der Waals surface area (Å²) >= 11 is 0. The van der Waals surface area contributed by atoms with Gasteiger partial charge < -0.3 is 15.5 Å². The van der Waals surface area contributed by atoms with E-state index in [0.717, 1.165) is 17.0 Å². The van der Waals surface area contributed by atoms with E-state index in [1.165, 1.54) is 5.01 Å². The van der Waals surface area contributed by atoms with Gasteiger partial charge in [0.25, 0.3) is 5.91 Å². The molecular formula is C28H30N6O4. The van der Waals surface area contributed by atoms with Crippen molar-refractivity contribution in [2.24, 2.45) is 11.0 Å². The number of benzene rings is 2. The molecule has 0 saturated heterocycles. The number of aliphatic hydroxyl groups excluding tert-OH is 1. The molecule has 38 heavy (non-hydrogen) atoms. The number of allylic oxidation sites excluding steroid dienone is 1. The molecule has 2 aliphatic rings.